The molecule has 0 atom stereocenters. The summed E-state index contributed by atoms with van der Waals surface area (Å²) in [5.74, 6) is 0.286. The number of para-hydroxylation sites is 1. The minimum absolute atomic E-state index is 0.286. The molecule has 0 saturated carbocycles. The zero-order valence-electron chi connectivity index (χ0n) is 12.8. The summed E-state index contributed by atoms with van der Waals surface area (Å²) in [7, 11) is 0. The average Bonchev–Trinajstić information content (AvgIpc) is 2.85. The Balaban J connectivity index is 1.95. The standard InChI is InChI=1S/C17H25N3O/c1-2-20-17-11-7-6-10-15(17)16(19-20)13-14(21)9-5-3-4-8-12-18/h6-7,10-11H,2-5,8-9,12-13,18H2,1H3. The Hall–Kier alpha value is -1.68. The highest BCUT2D eigenvalue weighted by Gasteiger charge is 2.12. The molecule has 0 aliphatic carbocycles. The molecule has 0 aliphatic heterocycles. The maximum Gasteiger partial charge on any atom is 0.138 e. The number of ketones is 1. The van der Waals surface area contributed by atoms with Gasteiger partial charge in [0.05, 0.1) is 17.6 Å². The van der Waals surface area contributed by atoms with Crippen molar-refractivity contribution in [3.8, 4) is 0 Å². The first-order valence-corrected chi connectivity index (χ1v) is 7.92. The summed E-state index contributed by atoms with van der Waals surface area (Å²) in [6.07, 6.45) is 5.33. The normalized spacial score (nSPS) is 11.1. The second kappa shape index (κ2) is 7.93. The molecule has 0 aliphatic rings. The van der Waals surface area contributed by atoms with Gasteiger partial charge in [-0.15, -0.1) is 0 Å². The molecule has 1 aromatic carbocycles. The monoisotopic (exact) mass is 287 g/mol. The number of rotatable bonds is 9. The number of benzene rings is 1. The molecule has 114 valence electrons. The van der Waals surface area contributed by atoms with Crippen molar-refractivity contribution in [3.63, 3.8) is 0 Å². The average molecular weight is 287 g/mol. The number of carbonyl (C=O) groups excluding carboxylic acids is 1. The molecule has 4 nitrogen and oxygen atoms in total. The summed E-state index contributed by atoms with van der Waals surface area (Å²) < 4.78 is 1.97. The van der Waals surface area contributed by atoms with Crippen LogP contribution < -0.4 is 5.73 Å². The summed E-state index contributed by atoms with van der Waals surface area (Å²) >= 11 is 0. The van der Waals surface area contributed by atoms with Crippen LogP contribution in [0.5, 0.6) is 0 Å². The van der Waals surface area contributed by atoms with E-state index in [9.17, 15) is 4.79 Å². The Kier molecular flexibility index (Phi) is 5.93. The molecule has 0 unspecified atom stereocenters. The Morgan fingerprint density at radius 2 is 1.95 bits per heavy atom. The van der Waals surface area contributed by atoms with Gasteiger partial charge in [-0.1, -0.05) is 31.0 Å². The molecule has 4 heteroatoms. The van der Waals surface area contributed by atoms with Crippen LogP contribution in [0.2, 0.25) is 0 Å². The number of carbonyl (C=O) groups is 1. The fourth-order valence-corrected chi connectivity index (χ4v) is 2.66. The van der Waals surface area contributed by atoms with Gasteiger partial charge < -0.3 is 5.73 Å². The lowest BCUT2D eigenvalue weighted by Gasteiger charge is -2.00. The summed E-state index contributed by atoms with van der Waals surface area (Å²) in [6, 6.07) is 8.13. The van der Waals surface area contributed by atoms with Gasteiger partial charge in [-0.05, 0) is 32.4 Å². The fraction of sp³-hybridized carbons (Fsp3) is 0.529. The van der Waals surface area contributed by atoms with Gasteiger partial charge in [0.15, 0.2) is 0 Å². The SMILES string of the molecule is CCn1nc(CC(=O)CCCCCCN)c2ccccc21. The first kappa shape index (κ1) is 15.7. The lowest BCUT2D eigenvalue weighted by atomic mass is 10.0. The van der Waals surface area contributed by atoms with Crippen LogP contribution in [-0.2, 0) is 17.8 Å². The van der Waals surface area contributed by atoms with Crippen LogP contribution >= 0.6 is 0 Å². The Morgan fingerprint density at radius 1 is 1.19 bits per heavy atom. The van der Waals surface area contributed by atoms with Crippen LogP contribution in [-0.4, -0.2) is 22.1 Å². The topological polar surface area (TPSA) is 60.9 Å². The van der Waals surface area contributed by atoms with Crippen molar-refractivity contribution in [2.75, 3.05) is 6.54 Å². The van der Waals surface area contributed by atoms with Crippen LogP contribution in [0, 0.1) is 0 Å². The number of hydrogen-bond acceptors (Lipinski definition) is 3. The molecular formula is C17H25N3O. The van der Waals surface area contributed by atoms with Gasteiger partial charge in [0, 0.05) is 18.4 Å². The maximum absolute atomic E-state index is 12.1. The van der Waals surface area contributed by atoms with Crippen molar-refractivity contribution >= 4 is 16.7 Å². The van der Waals surface area contributed by atoms with Gasteiger partial charge in [-0.2, -0.15) is 5.10 Å². The third-order valence-corrected chi connectivity index (χ3v) is 3.81. The third kappa shape index (κ3) is 4.14. The molecule has 0 saturated heterocycles. The molecule has 0 spiro atoms. The number of aromatic nitrogens is 2. The maximum atomic E-state index is 12.1. The zero-order valence-corrected chi connectivity index (χ0v) is 12.8. The molecule has 1 heterocycles. The number of hydrogen-bond donors (Lipinski definition) is 1. The van der Waals surface area contributed by atoms with Crippen molar-refractivity contribution in [1.29, 1.82) is 0 Å². The van der Waals surface area contributed by atoms with E-state index in [-0.39, 0.29) is 5.78 Å². The summed E-state index contributed by atoms with van der Waals surface area (Å²) in [6.45, 7) is 3.64. The van der Waals surface area contributed by atoms with E-state index in [1.165, 1.54) is 0 Å². The largest absolute Gasteiger partial charge is 0.330 e. The number of Topliss-reactive ketones (excluding diaryl/α,β-unsaturated/α-hetero) is 1. The van der Waals surface area contributed by atoms with Crippen LogP contribution in [0.15, 0.2) is 24.3 Å². The van der Waals surface area contributed by atoms with Gasteiger partial charge in [0.2, 0.25) is 0 Å². The lowest BCUT2D eigenvalue weighted by molar-refractivity contribution is -0.118. The first-order chi connectivity index (χ1) is 10.3. The van der Waals surface area contributed by atoms with E-state index in [0.717, 1.165) is 55.4 Å². The molecule has 0 amide bonds. The fourth-order valence-electron chi connectivity index (χ4n) is 2.66. The van der Waals surface area contributed by atoms with E-state index in [1.54, 1.807) is 0 Å². The molecule has 1 aromatic heterocycles. The van der Waals surface area contributed by atoms with Gasteiger partial charge in [-0.25, -0.2) is 0 Å². The predicted molar refractivity (Wildman–Crippen MR) is 86.3 cm³/mol. The van der Waals surface area contributed by atoms with E-state index in [4.69, 9.17) is 5.73 Å². The van der Waals surface area contributed by atoms with E-state index in [1.807, 2.05) is 16.8 Å². The van der Waals surface area contributed by atoms with E-state index in [2.05, 4.69) is 24.2 Å². The highest BCUT2D eigenvalue weighted by molar-refractivity contribution is 5.88. The smallest absolute Gasteiger partial charge is 0.138 e. The Morgan fingerprint density at radius 3 is 2.71 bits per heavy atom. The zero-order chi connectivity index (χ0) is 15.1. The van der Waals surface area contributed by atoms with E-state index in [0.29, 0.717) is 12.8 Å². The quantitative estimate of drug-likeness (QED) is 0.721. The van der Waals surface area contributed by atoms with Crippen LogP contribution in [0.1, 0.15) is 44.7 Å². The molecule has 2 rings (SSSR count). The summed E-state index contributed by atoms with van der Waals surface area (Å²) in [4.78, 5) is 12.1. The van der Waals surface area contributed by atoms with Crippen molar-refractivity contribution in [3.05, 3.63) is 30.0 Å². The van der Waals surface area contributed by atoms with E-state index >= 15 is 0 Å². The molecule has 2 N–H and O–H groups in total. The number of unbranched alkanes of at least 4 members (excludes halogenated alkanes) is 3. The second-order valence-electron chi connectivity index (χ2n) is 5.45. The molecule has 0 bridgehead atoms. The molecule has 2 aromatic rings. The van der Waals surface area contributed by atoms with Crippen molar-refractivity contribution < 1.29 is 4.79 Å². The third-order valence-electron chi connectivity index (χ3n) is 3.81. The number of nitrogens with two attached hydrogens (primary N) is 1. The van der Waals surface area contributed by atoms with Crippen LogP contribution in [0.3, 0.4) is 0 Å². The lowest BCUT2D eigenvalue weighted by Crippen LogP contribution is -2.05. The van der Waals surface area contributed by atoms with Crippen LogP contribution in [0.4, 0.5) is 0 Å². The minimum atomic E-state index is 0.286. The first-order valence-electron chi connectivity index (χ1n) is 7.92. The highest BCUT2D eigenvalue weighted by Crippen LogP contribution is 2.19. The Bertz CT molecular complexity index is 589. The van der Waals surface area contributed by atoms with Crippen LogP contribution in [0.25, 0.3) is 10.9 Å². The molecule has 0 fully saturated rings. The number of aryl methyl sites for hydroxylation is 1. The van der Waals surface area contributed by atoms with Gasteiger partial charge >= 0.3 is 0 Å². The van der Waals surface area contributed by atoms with Gasteiger partial charge in [0.1, 0.15) is 5.78 Å². The van der Waals surface area contributed by atoms with E-state index < -0.39 is 0 Å². The summed E-state index contributed by atoms with van der Waals surface area (Å²) in [5.41, 5.74) is 7.50. The minimum Gasteiger partial charge on any atom is -0.330 e. The number of nitrogens with zero attached hydrogens (tertiary/aromatic N) is 2. The van der Waals surface area contributed by atoms with Crippen molar-refractivity contribution in [2.24, 2.45) is 5.73 Å². The molecule has 21 heavy (non-hydrogen) atoms. The highest BCUT2D eigenvalue weighted by atomic mass is 16.1. The van der Waals surface area contributed by atoms with Gasteiger partial charge in [-0.3, -0.25) is 9.48 Å². The van der Waals surface area contributed by atoms with Gasteiger partial charge in [0.25, 0.3) is 0 Å². The second-order valence-corrected chi connectivity index (χ2v) is 5.45. The number of fused-ring (bicyclic) bond motifs is 1. The van der Waals surface area contributed by atoms with Crippen molar-refractivity contribution in [2.45, 2.75) is 52.0 Å². The summed E-state index contributed by atoms with van der Waals surface area (Å²) in [5, 5.41) is 5.69. The molecule has 0 radical (unpaired) electrons. The Labute approximate surface area is 126 Å². The molecular weight excluding hydrogens is 262 g/mol. The predicted octanol–water partition coefficient (Wildman–Crippen LogP) is 3.08. The van der Waals surface area contributed by atoms with Crippen molar-refractivity contribution in [1.82, 2.24) is 9.78 Å².